The molecule has 1 amide bonds. The molecule has 0 atom stereocenters. The van der Waals surface area contributed by atoms with E-state index >= 15 is 0 Å². The number of amides is 1. The molecule has 0 unspecified atom stereocenters. The third kappa shape index (κ3) is 2.60. The molecule has 5 nitrogen and oxygen atoms in total. The van der Waals surface area contributed by atoms with Gasteiger partial charge in [0.05, 0.1) is 18.7 Å². The highest BCUT2D eigenvalue weighted by atomic mass is 16.6. The van der Waals surface area contributed by atoms with E-state index in [-0.39, 0.29) is 6.09 Å². The number of pyridine rings is 1. The number of carbonyl (C=O) groups excluding carboxylic acids is 1. The molecule has 4 rings (SSSR count). The van der Waals surface area contributed by atoms with Gasteiger partial charge in [0.15, 0.2) is 0 Å². The molecule has 23 heavy (non-hydrogen) atoms. The van der Waals surface area contributed by atoms with Gasteiger partial charge in [-0.15, -0.1) is 0 Å². The Morgan fingerprint density at radius 1 is 1.30 bits per heavy atom. The molecule has 1 aromatic carbocycles. The van der Waals surface area contributed by atoms with Crippen molar-refractivity contribution in [2.75, 3.05) is 6.61 Å². The van der Waals surface area contributed by atoms with Crippen LogP contribution >= 0.6 is 0 Å². The van der Waals surface area contributed by atoms with Gasteiger partial charge in [0.25, 0.3) is 0 Å². The van der Waals surface area contributed by atoms with E-state index in [1.165, 1.54) is 12.8 Å². The summed E-state index contributed by atoms with van der Waals surface area (Å²) in [6.45, 7) is 3.15. The number of nitrogens with zero attached hydrogens (tertiary/aromatic N) is 2. The molecule has 1 aromatic heterocycles. The summed E-state index contributed by atoms with van der Waals surface area (Å²) < 4.78 is 11.0. The number of ether oxygens (including phenoxy) is 2. The number of hydrogen-bond donors (Lipinski definition) is 0. The third-order valence-corrected chi connectivity index (χ3v) is 4.66. The van der Waals surface area contributed by atoms with Crippen molar-refractivity contribution in [3.05, 3.63) is 29.8 Å². The van der Waals surface area contributed by atoms with Crippen LogP contribution < -0.4 is 9.47 Å². The van der Waals surface area contributed by atoms with E-state index in [0.717, 1.165) is 35.1 Å². The minimum absolute atomic E-state index is 0.266. The van der Waals surface area contributed by atoms with Crippen molar-refractivity contribution in [1.82, 2.24) is 9.88 Å². The van der Waals surface area contributed by atoms with E-state index in [0.29, 0.717) is 25.1 Å². The van der Waals surface area contributed by atoms with Crippen LogP contribution in [0.2, 0.25) is 0 Å². The second kappa shape index (κ2) is 5.72. The van der Waals surface area contributed by atoms with Crippen LogP contribution in [0.3, 0.4) is 0 Å². The van der Waals surface area contributed by atoms with E-state index in [1.807, 2.05) is 30.0 Å². The smallest absolute Gasteiger partial charge is 0.417 e. The Morgan fingerprint density at radius 2 is 2.13 bits per heavy atom. The first-order valence-corrected chi connectivity index (χ1v) is 8.29. The Morgan fingerprint density at radius 3 is 2.91 bits per heavy atom. The zero-order chi connectivity index (χ0) is 15.8. The molecule has 2 heterocycles. The van der Waals surface area contributed by atoms with Gasteiger partial charge in [-0.05, 0) is 38.0 Å². The molecule has 0 spiro atoms. The summed E-state index contributed by atoms with van der Waals surface area (Å²) in [5.41, 5.74) is 1.77. The fourth-order valence-corrected chi connectivity index (χ4v) is 3.51. The Hall–Kier alpha value is -2.30. The topological polar surface area (TPSA) is 51.7 Å². The van der Waals surface area contributed by atoms with Crippen molar-refractivity contribution in [2.24, 2.45) is 0 Å². The summed E-state index contributed by atoms with van der Waals surface area (Å²) in [6, 6.07) is 8.22. The quantitative estimate of drug-likeness (QED) is 0.863. The van der Waals surface area contributed by atoms with Gasteiger partial charge < -0.3 is 14.4 Å². The fourth-order valence-electron chi connectivity index (χ4n) is 3.51. The van der Waals surface area contributed by atoms with Gasteiger partial charge in [-0.25, -0.2) is 9.78 Å². The number of hydrogen-bond acceptors (Lipinski definition) is 4. The second-order valence-electron chi connectivity index (χ2n) is 6.17. The summed E-state index contributed by atoms with van der Waals surface area (Å²) in [6.07, 6.45) is 4.26. The maximum atomic E-state index is 12.3. The van der Waals surface area contributed by atoms with Gasteiger partial charge in [-0.3, -0.25) is 0 Å². The van der Waals surface area contributed by atoms with Crippen molar-refractivity contribution in [2.45, 2.75) is 45.2 Å². The van der Waals surface area contributed by atoms with Crippen molar-refractivity contribution < 1.29 is 14.3 Å². The molecule has 0 N–H and O–H groups in total. The van der Waals surface area contributed by atoms with Gasteiger partial charge in [-0.2, -0.15) is 0 Å². The van der Waals surface area contributed by atoms with Crippen molar-refractivity contribution in [3.63, 3.8) is 0 Å². The number of carbonyl (C=O) groups is 1. The maximum absolute atomic E-state index is 12.3. The predicted molar refractivity (Wildman–Crippen MR) is 86.7 cm³/mol. The van der Waals surface area contributed by atoms with E-state index in [2.05, 4.69) is 11.1 Å². The van der Waals surface area contributed by atoms with Gasteiger partial charge in [0.2, 0.25) is 5.88 Å². The highest BCUT2D eigenvalue weighted by Crippen LogP contribution is 2.33. The standard InChI is InChI=1S/C18H20N2O3/c1-2-22-15-8-7-12-9-13-11-20(14-5-3-4-6-14)18(21)23-17(13)19-16(12)10-15/h7-10,14H,2-6,11H2,1H3. The molecule has 5 heteroatoms. The molecule has 0 bridgehead atoms. The zero-order valence-electron chi connectivity index (χ0n) is 13.2. The van der Waals surface area contributed by atoms with Gasteiger partial charge in [-0.1, -0.05) is 12.8 Å². The SMILES string of the molecule is CCOc1ccc2cc3c(nc2c1)OC(=O)N(C1CCCC1)C3. The maximum Gasteiger partial charge on any atom is 0.417 e. The van der Waals surface area contributed by atoms with Gasteiger partial charge in [0, 0.05) is 23.1 Å². The first kappa shape index (κ1) is 14.3. The molecule has 0 radical (unpaired) electrons. The number of fused-ring (bicyclic) bond motifs is 2. The first-order chi connectivity index (χ1) is 11.2. The summed E-state index contributed by atoms with van der Waals surface area (Å²) in [5, 5.41) is 1.04. The summed E-state index contributed by atoms with van der Waals surface area (Å²) in [5.74, 6) is 1.22. The second-order valence-corrected chi connectivity index (χ2v) is 6.17. The fraction of sp³-hybridized carbons (Fsp3) is 0.444. The Bertz CT molecular complexity index is 753. The Labute approximate surface area is 135 Å². The van der Waals surface area contributed by atoms with E-state index in [9.17, 15) is 4.79 Å². The zero-order valence-corrected chi connectivity index (χ0v) is 13.2. The Kier molecular flexibility index (Phi) is 3.56. The van der Waals surface area contributed by atoms with Crippen LogP contribution in [-0.2, 0) is 6.54 Å². The first-order valence-electron chi connectivity index (χ1n) is 8.29. The lowest BCUT2D eigenvalue weighted by atomic mass is 10.1. The molecule has 2 aliphatic rings. The molecule has 0 saturated heterocycles. The molecule has 1 aliphatic carbocycles. The Balaban J connectivity index is 1.68. The molecule has 2 aromatic rings. The average Bonchev–Trinajstić information content (AvgIpc) is 3.07. The summed E-state index contributed by atoms with van der Waals surface area (Å²) in [7, 11) is 0. The lowest BCUT2D eigenvalue weighted by Crippen LogP contribution is -2.43. The minimum atomic E-state index is -0.266. The molecular weight excluding hydrogens is 292 g/mol. The van der Waals surface area contributed by atoms with Crippen LogP contribution in [0.1, 0.15) is 38.2 Å². The normalized spacial score (nSPS) is 18.1. The molecule has 120 valence electrons. The minimum Gasteiger partial charge on any atom is -0.494 e. The number of aromatic nitrogens is 1. The van der Waals surface area contributed by atoms with Crippen LogP contribution in [0, 0.1) is 0 Å². The number of rotatable bonds is 3. The van der Waals surface area contributed by atoms with Crippen LogP contribution in [0.15, 0.2) is 24.3 Å². The van der Waals surface area contributed by atoms with E-state index in [4.69, 9.17) is 9.47 Å². The van der Waals surface area contributed by atoms with Gasteiger partial charge in [0.1, 0.15) is 5.75 Å². The third-order valence-electron chi connectivity index (χ3n) is 4.66. The lowest BCUT2D eigenvalue weighted by Gasteiger charge is -2.32. The monoisotopic (exact) mass is 312 g/mol. The summed E-state index contributed by atoms with van der Waals surface area (Å²) >= 11 is 0. The summed E-state index contributed by atoms with van der Waals surface area (Å²) in [4.78, 5) is 18.7. The van der Waals surface area contributed by atoms with Crippen LogP contribution in [0.5, 0.6) is 11.6 Å². The van der Waals surface area contributed by atoms with Crippen LogP contribution in [0.4, 0.5) is 4.79 Å². The van der Waals surface area contributed by atoms with Gasteiger partial charge >= 0.3 is 6.09 Å². The number of benzene rings is 1. The van der Waals surface area contributed by atoms with Crippen molar-refractivity contribution >= 4 is 17.0 Å². The van der Waals surface area contributed by atoms with Crippen molar-refractivity contribution in [3.8, 4) is 11.6 Å². The molecule has 1 fully saturated rings. The lowest BCUT2D eigenvalue weighted by molar-refractivity contribution is 0.114. The van der Waals surface area contributed by atoms with Crippen LogP contribution in [0.25, 0.3) is 10.9 Å². The van der Waals surface area contributed by atoms with E-state index in [1.54, 1.807) is 0 Å². The highest BCUT2D eigenvalue weighted by Gasteiger charge is 2.33. The average molecular weight is 312 g/mol. The predicted octanol–water partition coefficient (Wildman–Crippen LogP) is 3.89. The van der Waals surface area contributed by atoms with Crippen LogP contribution in [-0.4, -0.2) is 28.6 Å². The van der Waals surface area contributed by atoms with Crippen molar-refractivity contribution in [1.29, 1.82) is 0 Å². The highest BCUT2D eigenvalue weighted by molar-refractivity contribution is 5.83. The largest absolute Gasteiger partial charge is 0.494 e. The van der Waals surface area contributed by atoms with E-state index < -0.39 is 0 Å². The molecular formula is C18H20N2O3. The molecule has 1 aliphatic heterocycles. The molecule has 1 saturated carbocycles.